The van der Waals surface area contributed by atoms with E-state index in [0.29, 0.717) is 17.9 Å². The normalized spacial score (nSPS) is 28.8. The second-order valence-electron chi connectivity index (χ2n) is 5.93. The van der Waals surface area contributed by atoms with Crippen molar-refractivity contribution in [3.8, 4) is 0 Å². The molecule has 3 unspecified atom stereocenters. The Kier molecular flexibility index (Phi) is 3.87. The Morgan fingerprint density at radius 1 is 1.45 bits per heavy atom. The topological polar surface area (TPSA) is 32.3 Å². The van der Waals surface area contributed by atoms with Gasteiger partial charge in [0.1, 0.15) is 0 Å². The lowest BCUT2D eigenvalue weighted by Gasteiger charge is -2.27. The molecule has 0 saturated carbocycles. The van der Waals surface area contributed by atoms with E-state index < -0.39 is 0 Å². The summed E-state index contributed by atoms with van der Waals surface area (Å²) in [6.45, 7) is 7.23. The van der Waals surface area contributed by atoms with Crippen LogP contribution in [0.5, 0.6) is 0 Å². The SMILES string of the molecule is CCC1C2CNCC2CN1C(=O)c1cccc(Br)c1C. The molecule has 1 amide bonds. The first-order valence-electron chi connectivity index (χ1n) is 7.40. The van der Waals surface area contributed by atoms with Crippen molar-refractivity contribution < 1.29 is 4.79 Å². The van der Waals surface area contributed by atoms with E-state index >= 15 is 0 Å². The maximum absolute atomic E-state index is 12.9. The minimum atomic E-state index is 0.199. The van der Waals surface area contributed by atoms with Gasteiger partial charge in [0, 0.05) is 35.7 Å². The van der Waals surface area contributed by atoms with Crippen molar-refractivity contribution in [3.63, 3.8) is 0 Å². The first-order chi connectivity index (χ1) is 9.63. The summed E-state index contributed by atoms with van der Waals surface area (Å²) in [5.41, 5.74) is 1.88. The lowest BCUT2D eigenvalue weighted by molar-refractivity contribution is 0.0711. The van der Waals surface area contributed by atoms with Crippen LogP contribution in [0.1, 0.15) is 29.3 Å². The van der Waals surface area contributed by atoms with E-state index in [0.717, 1.165) is 41.7 Å². The van der Waals surface area contributed by atoms with Crippen LogP contribution < -0.4 is 5.32 Å². The van der Waals surface area contributed by atoms with Gasteiger partial charge in [-0.3, -0.25) is 4.79 Å². The highest BCUT2D eigenvalue weighted by atomic mass is 79.9. The molecular weight excluding hydrogens is 316 g/mol. The van der Waals surface area contributed by atoms with E-state index in [4.69, 9.17) is 0 Å². The van der Waals surface area contributed by atoms with Crippen LogP contribution in [0.25, 0.3) is 0 Å². The molecule has 2 saturated heterocycles. The van der Waals surface area contributed by atoms with Crippen molar-refractivity contribution in [1.29, 1.82) is 0 Å². The molecule has 108 valence electrons. The number of halogens is 1. The fourth-order valence-electron chi connectivity index (χ4n) is 3.77. The Morgan fingerprint density at radius 3 is 3.00 bits per heavy atom. The lowest BCUT2D eigenvalue weighted by Crippen LogP contribution is -2.39. The van der Waals surface area contributed by atoms with Crippen LogP contribution in [0.3, 0.4) is 0 Å². The van der Waals surface area contributed by atoms with E-state index in [1.807, 2.05) is 25.1 Å². The third kappa shape index (κ3) is 2.19. The molecule has 2 aliphatic rings. The average Bonchev–Trinajstić information content (AvgIpc) is 3.01. The van der Waals surface area contributed by atoms with Gasteiger partial charge in [-0.2, -0.15) is 0 Å². The summed E-state index contributed by atoms with van der Waals surface area (Å²) in [6.07, 6.45) is 1.04. The number of nitrogens with zero attached hydrogens (tertiary/aromatic N) is 1. The smallest absolute Gasteiger partial charge is 0.254 e. The zero-order valence-corrected chi connectivity index (χ0v) is 13.6. The van der Waals surface area contributed by atoms with Crippen LogP contribution in [0, 0.1) is 18.8 Å². The molecule has 0 aromatic heterocycles. The molecule has 1 N–H and O–H groups in total. The second kappa shape index (κ2) is 5.49. The number of likely N-dealkylation sites (tertiary alicyclic amines) is 1. The third-order valence-electron chi connectivity index (χ3n) is 4.90. The Labute approximate surface area is 128 Å². The molecule has 1 aromatic rings. The number of rotatable bonds is 2. The van der Waals surface area contributed by atoms with Gasteiger partial charge in [-0.1, -0.05) is 28.9 Å². The second-order valence-corrected chi connectivity index (χ2v) is 6.78. The molecule has 3 rings (SSSR count). The summed E-state index contributed by atoms with van der Waals surface area (Å²) in [5.74, 6) is 1.47. The monoisotopic (exact) mass is 336 g/mol. The van der Waals surface area contributed by atoms with Gasteiger partial charge in [-0.05, 0) is 42.9 Å². The van der Waals surface area contributed by atoms with E-state index in [-0.39, 0.29) is 5.91 Å². The van der Waals surface area contributed by atoms with Gasteiger partial charge in [0.2, 0.25) is 0 Å². The number of amides is 1. The fourth-order valence-corrected chi connectivity index (χ4v) is 4.14. The predicted octanol–water partition coefficient (Wildman–Crippen LogP) is 2.83. The minimum Gasteiger partial charge on any atom is -0.335 e. The zero-order valence-electron chi connectivity index (χ0n) is 12.0. The first kappa shape index (κ1) is 14.1. The molecule has 2 fully saturated rings. The van der Waals surface area contributed by atoms with Gasteiger partial charge < -0.3 is 10.2 Å². The van der Waals surface area contributed by atoms with E-state index in [1.165, 1.54) is 0 Å². The van der Waals surface area contributed by atoms with Crippen molar-refractivity contribution >= 4 is 21.8 Å². The highest BCUT2D eigenvalue weighted by Gasteiger charge is 2.45. The fraction of sp³-hybridized carbons (Fsp3) is 0.562. The minimum absolute atomic E-state index is 0.199. The molecule has 3 atom stereocenters. The third-order valence-corrected chi connectivity index (χ3v) is 5.75. The zero-order chi connectivity index (χ0) is 14.3. The quantitative estimate of drug-likeness (QED) is 0.900. The molecule has 4 heteroatoms. The van der Waals surface area contributed by atoms with Crippen molar-refractivity contribution in [2.24, 2.45) is 11.8 Å². The first-order valence-corrected chi connectivity index (χ1v) is 8.19. The molecule has 2 heterocycles. The van der Waals surface area contributed by atoms with Crippen LogP contribution in [0.2, 0.25) is 0 Å². The molecule has 2 aliphatic heterocycles. The number of nitrogens with one attached hydrogen (secondary N) is 1. The van der Waals surface area contributed by atoms with E-state index in [2.05, 4.69) is 33.1 Å². The number of carbonyl (C=O) groups excluding carboxylic acids is 1. The van der Waals surface area contributed by atoms with Gasteiger partial charge in [0.15, 0.2) is 0 Å². The number of hydrogen-bond acceptors (Lipinski definition) is 2. The maximum atomic E-state index is 12.9. The number of hydrogen-bond donors (Lipinski definition) is 1. The van der Waals surface area contributed by atoms with Crippen molar-refractivity contribution in [2.75, 3.05) is 19.6 Å². The number of carbonyl (C=O) groups is 1. The van der Waals surface area contributed by atoms with Crippen molar-refractivity contribution in [2.45, 2.75) is 26.3 Å². The molecule has 0 bridgehead atoms. The molecule has 3 nitrogen and oxygen atoms in total. The highest BCUT2D eigenvalue weighted by molar-refractivity contribution is 9.10. The summed E-state index contributed by atoms with van der Waals surface area (Å²) in [7, 11) is 0. The van der Waals surface area contributed by atoms with Gasteiger partial charge in [-0.25, -0.2) is 0 Å². The molecular formula is C16H21BrN2O. The Hall–Kier alpha value is -0.870. The maximum Gasteiger partial charge on any atom is 0.254 e. The predicted molar refractivity (Wildman–Crippen MR) is 83.8 cm³/mol. The van der Waals surface area contributed by atoms with Crippen LogP contribution >= 0.6 is 15.9 Å². The van der Waals surface area contributed by atoms with Gasteiger partial charge in [-0.15, -0.1) is 0 Å². The standard InChI is InChI=1S/C16H21BrN2O/c1-3-15-13-8-18-7-11(13)9-19(15)16(20)12-5-4-6-14(17)10(12)2/h4-6,11,13,15,18H,3,7-9H2,1-2H3. The highest BCUT2D eigenvalue weighted by Crippen LogP contribution is 2.35. The van der Waals surface area contributed by atoms with Gasteiger partial charge in [0.05, 0.1) is 0 Å². The van der Waals surface area contributed by atoms with Crippen LogP contribution in [-0.2, 0) is 0 Å². The Balaban J connectivity index is 1.89. The van der Waals surface area contributed by atoms with Crippen LogP contribution in [0.4, 0.5) is 0 Å². The summed E-state index contributed by atoms with van der Waals surface area (Å²) in [6, 6.07) is 6.28. The average molecular weight is 337 g/mol. The number of fused-ring (bicyclic) bond motifs is 1. The van der Waals surface area contributed by atoms with Crippen molar-refractivity contribution in [1.82, 2.24) is 10.2 Å². The van der Waals surface area contributed by atoms with Crippen LogP contribution in [0.15, 0.2) is 22.7 Å². The molecule has 0 aliphatic carbocycles. The summed E-state index contributed by atoms with van der Waals surface area (Å²) in [4.78, 5) is 15.0. The molecule has 0 spiro atoms. The van der Waals surface area contributed by atoms with E-state index in [9.17, 15) is 4.79 Å². The summed E-state index contributed by atoms with van der Waals surface area (Å²) >= 11 is 3.52. The molecule has 1 aromatic carbocycles. The van der Waals surface area contributed by atoms with Crippen LogP contribution in [-0.4, -0.2) is 36.5 Å². The Bertz CT molecular complexity index is 531. The van der Waals surface area contributed by atoms with Gasteiger partial charge in [0.25, 0.3) is 5.91 Å². The van der Waals surface area contributed by atoms with E-state index in [1.54, 1.807) is 0 Å². The number of benzene rings is 1. The molecule has 20 heavy (non-hydrogen) atoms. The lowest BCUT2D eigenvalue weighted by atomic mass is 9.93. The largest absolute Gasteiger partial charge is 0.335 e. The summed E-state index contributed by atoms with van der Waals surface area (Å²) < 4.78 is 1.01. The van der Waals surface area contributed by atoms with Crippen molar-refractivity contribution in [3.05, 3.63) is 33.8 Å². The Morgan fingerprint density at radius 2 is 2.25 bits per heavy atom. The van der Waals surface area contributed by atoms with Gasteiger partial charge >= 0.3 is 0 Å². The summed E-state index contributed by atoms with van der Waals surface area (Å²) in [5, 5.41) is 3.46. The molecule has 0 radical (unpaired) electrons.